The van der Waals surface area contributed by atoms with Crippen LogP contribution in [-0.2, 0) is 6.54 Å². The number of allylic oxidation sites excluding steroid dienone is 1. The number of rotatable bonds is 14. The molecule has 0 bridgehead atoms. The maximum atomic E-state index is 9.57. The van der Waals surface area contributed by atoms with Gasteiger partial charge in [0.15, 0.2) is 5.82 Å². The molecule has 0 amide bonds. The first-order chi connectivity index (χ1) is 19.0. The van der Waals surface area contributed by atoms with Crippen molar-refractivity contribution >= 4 is 23.0 Å². The number of hydrogen-bond donors (Lipinski definition) is 4. The van der Waals surface area contributed by atoms with Gasteiger partial charge in [-0.2, -0.15) is 0 Å². The van der Waals surface area contributed by atoms with Gasteiger partial charge in [0.25, 0.3) is 0 Å². The molecule has 39 heavy (non-hydrogen) atoms. The fraction of sp³-hybridized carbons (Fsp3) is 0.633. The molecule has 0 spiro atoms. The van der Waals surface area contributed by atoms with Crippen LogP contribution in [0.2, 0.25) is 0 Å². The Morgan fingerprint density at radius 3 is 2.49 bits per heavy atom. The molecule has 0 saturated carbocycles. The number of piperidine rings is 1. The first-order valence-electron chi connectivity index (χ1n) is 14.8. The molecular formula is C30H52N8O. The van der Waals surface area contributed by atoms with Gasteiger partial charge in [-0.3, -0.25) is 0 Å². The zero-order valence-corrected chi connectivity index (χ0v) is 25.1. The van der Waals surface area contributed by atoms with E-state index in [0.29, 0.717) is 18.8 Å². The Hall–Kier alpha value is -2.91. The number of aliphatic hydroxyl groups is 1. The molecule has 3 rings (SSSR count). The summed E-state index contributed by atoms with van der Waals surface area (Å²) in [5.74, 6) is 3.95. The maximum Gasteiger partial charge on any atom is 0.161 e. The topological polar surface area (TPSA) is 115 Å². The maximum absolute atomic E-state index is 9.57. The van der Waals surface area contributed by atoms with Gasteiger partial charge in [-0.15, -0.1) is 0 Å². The number of aliphatic hydroxyl groups excluding tert-OH is 1. The summed E-state index contributed by atoms with van der Waals surface area (Å²) in [4.78, 5) is 18.8. The van der Waals surface area contributed by atoms with Crippen LogP contribution in [0.25, 0.3) is 5.57 Å². The lowest BCUT2D eigenvalue weighted by molar-refractivity contribution is 0.271. The van der Waals surface area contributed by atoms with Crippen molar-refractivity contribution in [3.63, 3.8) is 0 Å². The van der Waals surface area contributed by atoms with Crippen molar-refractivity contribution in [3.05, 3.63) is 42.0 Å². The van der Waals surface area contributed by atoms with Gasteiger partial charge in [-0.25, -0.2) is 15.0 Å². The standard InChI is InChI=1S/C28H46N8O.C2H6/c1-5-23(17-29)28-33-25(16-27(34-28)36(7-3)24(6-2)12-15-37)31-18-22-8-9-26(32-19-22)35(4)20-21-10-13-30-14-11-21;1-2/h8-9,16-17,19,21,24,30,37H,5-7,10-15,18,20,29H2,1-4H3,(H,31,33,34);1-2H3/b23-17-;. The van der Waals surface area contributed by atoms with Crippen molar-refractivity contribution in [3.8, 4) is 0 Å². The normalized spacial score (nSPS) is 14.8. The molecule has 2 aromatic rings. The highest BCUT2D eigenvalue weighted by Crippen LogP contribution is 2.25. The monoisotopic (exact) mass is 540 g/mol. The Morgan fingerprint density at radius 2 is 1.92 bits per heavy atom. The average molecular weight is 541 g/mol. The van der Waals surface area contributed by atoms with E-state index in [2.05, 4.69) is 60.4 Å². The third-order valence-electron chi connectivity index (χ3n) is 7.26. The van der Waals surface area contributed by atoms with E-state index in [1.807, 2.05) is 26.1 Å². The number of nitrogens with one attached hydrogen (secondary N) is 2. The van der Waals surface area contributed by atoms with E-state index in [4.69, 9.17) is 20.7 Å². The second-order valence-corrected chi connectivity index (χ2v) is 9.79. The van der Waals surface area contributed by atoms with Crippen molar-refractivity contribution in [2.75, 3.05) is 55.0 Å². The Labute approximate surface area is 236 Å². The molecule has 1 unspecified atom stereocenters. The Morgan fingerprint density at radius 1 is 1.18 bits per heavy atom. The number of anilines is 3. The molecule has 1 aliphatic heterocycles. The highest BCUT2D eigenvalue weighted by molar-refractivity contribution is 5.63. The lowest BCUT2D eigenvalue weighted by Gasteiger charge is -2.31. The number of hydrogen-bond acceptors (Lipinski definition) is 9. The van der Waals surface area contributed by atoms with Gasteiger partial charge in [-0.1, -0.05) is 33.8 Å². The van der Waals surface area contributed by atoms with E-state index < -0.39 is 0 Å². The summed E-state index contributed by atoms with van der Waals surface area (Å²) >= 11 is 0. The van der Waals surface area contributed by atoms with Crippen LogP contribution in [0.3, 0.4) is 0 Å². The van der Waals surface area contributed by atoms with Crippen molar-refractivity contribution in [1.29, 1.82) is 0 Å². The minimum absolute atomic E-state index is 0.150. The van der Waals surface area contributed by atoms with Crippen LogP contribution in [-0.4, -0.2) is 65.9 Å². The number of nitrogens with two attached hydrogens (primary N) is 1. The van der Waals surface area contributed by atoms with Gasteiger partial charge in [0.05, 0.1) is 0 Å². The fourth-order valence-corrected chi connectivity index (χ4v) is 4.99. The van der Waals surface area contributed by atoms with Gasteiger partial charge < -0.3 is 31.3 Å². The molecule has 218 valence electrons. The molecule has 0 aromatic carbocycles. The van der Waals surface area contributed by atoms with Crippen LogP contribution >= 0.6 is 0 Å². The largest absolute Gasteiger partial charge is 0.404 e. The van der Waals surface area contributed by atoms with E-state index in [-0.39, 0.29) is 12.6 Å². The van der Waals surface area contributed by atoms with Crippen LogP contribution in [0.1, 0.15) is 78.1 Å². The van der Waals surface area contributed by atoms with Gasteiger partial charge in [0, 0.05) is 63.4 Å². The third kappa shape index (κ3) is 9.65. The average Bonchev–Trinajstić information content (AvgIpc) is 2.98. The molecule has 3 heterocycles. The van der Waals surface area contributed by atoms with Crippen LogP contribution < -0.4 is 26.2 Å². The van der Waals surface area contributed by atoms with Crippen LogP contribution in [0.4, 0.5) is 17.5 Å². The summed E-state index contributed by atoms with van der Waals surface area (Å²) in [5, 5.41) is 16.5. The van der Waals surface area contributed by atoms with Gasteiger partial charge in [0.2, 0.25) is 0 Å². The second kappa shape index (κ2) is 17.6. The van der Waals surface area contributed by atoms with Crippen molar-refractivity contribution in [2.24, 2.45) is 11.7 Å². The molecule has 5 N–H and O–H groups in total. The number of nitrogens with zero attached hydrogens (tertiary/aromatic N) is 5. The first kappa shape index (κ1) is 32.3. The van der Waals surface area contributed by atoms with Gasteiger partial charge >= 0.3 is 0 Å². The Balaban J connectivity index is 0.00000260. The highest BCUT2D eigenvalue weighted by Gasteiger charge is 2.20. The van der Waals surface area contributed by atoms with E-state index in [9.17, 15) is 5.11 Å². The summed E-state index contributed by atoms with van der Waals surface area (Å²) in [5.41, 5.74) is 7.89. The molecule has 1 atom stereocenters. The smallest absolute Gasteiger partial charge is 0.161 e. The zero-order chi connectivity index (χ0) is 28.6. The molecule has 9 heteroatoms. The van der Waals surface area contributed by atoms with E-state index >= 15 is 0 Å². The first-order valence-corrected chi connectivity index (χ1v) is 14.8. The summed E-state index contributed by atoms with van der Waals surface area (Å²) < 4.78 is 0. The third-order valence-corrected chi connectivity index (χ3v) is 7.26. The number of aromatic nitrogens is 3. The lowest BCUT2D eigenvalue weighted by Crippen LogP contribution is -2.36. The van der Waals surface area contributed by atoms with Crippen LogP contribution in [0, 0.1) is 5.92 Å². The summed E-state index contributed by atoms with van der Waals surface area (Å²) in [6.45, 7) is 15.1. The van der Waals surface area contributed by atoms with E-state index in [1.54, 1.807) is 6.20 Å². The van der Waals surface area contributed by atoms with Gasteiger partial charge in [0.1, 0.15) is 17.5 Å². The molecule has 0 aliphatic carbocycles. The molecule has 9 nitrogen and oxygen atoms in total. The molecule has 1 saturated heterocycles. The Kier molecular flexibility index (Phi) is 14.6. The SMILES string of the molecule is CC.CC/C(=C/N)c1nc(NCc2ccc(N(C)CC3CCNCC3)nc2)cc(N(CC)C(CC)CCO)n1. The van der Waals surface area contributed by atoms with Gasteiger partial charge in [-0.05, 0) is 69.7 Å². The molecule has 1 fully saturated rings. The second-order valence-electron chi connectivity index (χ2n) is 9.79. The van der Waals surface area contributed by atoms with E-state index in [0.717, 1.165) is 73.5 Å². The van der Waals surface area contributed by atoms with Crippen molar-refractivity contribution < 1.29 is 5.11 Å². The summed E-state index contributed by atoms with van der Waals surface area (Å²) in [6.07, 6.45) is 8.35. The fourth-order valence-electron chi connectivity index (χ4n) is 4.99. The minimum Gasteiger partial charge on any atom is -0.404 e. The lowest BCUT2D eigenvalue weighted by atomic mass is 9.98. The number of pyridine rings is 1. The molecule has 0 radical (unpaired) electrons. The van der Waals surface area contributed by atoms with Crippen molar-refractivity contribution in [2.45, 2.75) is 79.3 Å². The Bertz CT molecular complexity index is 975. The highest BCUT2D eigenvalue weighted by atomic mass is 16.3. The minimum atomic E-state index is 0.150. The predicted octanol–water partition coefficient (Wildman–Crippen LogP) is 4.64. The summed E-state index contributed by atoms with van der Waals surface area (Å²) in [6, 6.07) is 6.42. The van der Waals surface area contributed by atoms with E-state index in [1.165, 1.54) is 12.8 Å². The quantitative estimate of drug-likeness (QED) is 0.272. The van der Waals surface area contributed by atoms with Crippen molar-refractivity contribution in [1.82, 2.24) is 20.3 Å². The zero-order valence-electron chi connectivity index (χ0n) is 25.1. The predicted molar refractivity (Wildman–Crippen MR) is 165 cm³/mol. The molecular weight excluding hydrogens is 488 g/mol. The molecule has 1 aliphatic rings. The van der Waals surface area contributed by atoms with Crippen LogP contribution in [0.5, 0.6) is 0 Å². The molecule has 2 aromatic heterocycles. The van der Waals surface area contributed by atoms with Crippen LogP contribution in [0.15, 0.2) is 30.6 Å². The summed E-state index contributed by atoms with van der Waals surface area (Å²) in [7, 11) is 2.13.